The Labute approximate surface area is 135 Å². The summed E-state index contributed by atoms with van der Waals surface area (Å²) in [6.07, 6.45) is -3.86. The van der Waals surface area contributed by atoms with Crippen LogP contribution in [0.1, 0.15) is 18.2 Å². The lowest BCUT2D eigenvalue weighted by Crippen LogP contribution is -2.47. The van der Waals surface area contributed by atoms with Crippen molar-refractivity contribution < 1.29 is 22.8 Å². The fourth-order valence-corrected chi connectivity index (χ4v) is 3.31. The molecule has 0 saturated carbocycles. The van der Waals surface area contributed by atoms with Gasteiger partial charge in [-0.25, -0.2) is 4.79 Å². The highest BCUT2D eigenvalue weighted by Crippen LogP contribution is 2.20. The molecule has 128 valence electrons. The van der Waals surface area contributed by atoms with E-state index in [0.717, 1.165) is 9.78 Å². The van der Waals surface area contributed by atoms with E-state index in [1.165, 1.54) is 0 Å². The van der Waals surface area contributed by atoms with Crippen molar-refractivity contribution in [3.8, 4) is 0 Å². The summed E-state index contributed by atoms with van der Waals surface area (Å²) in [6.45, 7) is 0.445. The summed E-state index contributed by atoms with van der Waals surface area (Å²) >= 11 is 1.59. The molecule has 2 atom stereocenters. The van der Waals surface area contributed by atoms with Gasteiger partial charge in [0, 0.05) is 30.3 Å². The number of nitrogens with one attached hydrogen (secondary N) is 2. The molecule has 2 rings (SSSR count). The lowest BCUT2D eigenvalue weighted by molar-refractivity contribution is -0.157. The van der Waals surface area contributed by atoms with Gasteiger partial charge in [-0.05, 0) is 18.4 Å². The summed E-state index contributed by atoms with van der Waals surface area (Å²) < 4.78 is 37.0. The van der Waals surface area contributed by atoms with E-state index in [-0.39, 0.29) is 19.0 Å². The fraction of sp³-hybridized carbons (Fsp3) is 0.571. The Bertz CT molecular complexity index is 548. The Morgan fingerprint density at radius 2 is 2.26 bits per heavy atom. The minimum atomic E-state index is -4.43. The molecule has 1 fully saturated rings. The summed E-state index contributed by atoms with van der Waals surface area (Å²) in [5, 5.41) is 7.23. The van der Waals surface area contributed by atoms with Crippen LogP contribution in [0.5, 0.6) is 0 Å². The van der Waals surface area contributed by atoms with Crippen LogP contribution in [0, 0.1) is 0 Å². The molecular formula is C14H18F3N3O2S. The van der Waals surface area contributed by atoms with Gasteiger partial charge in [-0.15, -0.1) is 11.3 Å². The number of amides is 3. The van der Waals surface area contributed by atoms with Crippen LogP contribution in [-0.4, -0.2) is 48.2 Å². The minimum absolute atomic E-state index is 0.108. The highest BCUT2D eigenvalue weighted by molar-refractivity contribution is 7.09. The normalized spacial score (nSPS) is 19.7. The van der Waals surface area contributed by atoms with Gasteiger partial charge >= 0.3 is 12.2 Å². The van der Waals surface area contributed by atoms with E-state index in [4.69, 9.17) is 0 Å². The molecule has 0 aliphatic carbocycles. The Morgan fingerprint density at radius 3 is 2.87 bits per heavy atom. The second-order valence-electron chi connectivity index (χ2n) is 5.59. The lowest BCUT2D eigenvalue weighted by atomic mass is 10.2. The van der Waals surface area contributed by atoms with Crippen LogP contribution in [0.4, 0.5) is 18.0 Å². The summed E-state index contributed by atoms with van der Waals surface area (Å²) in [4.78, 5) is 25.3. The van der Waals surface area contributed by atoms with Gasteiger partial charge in [-0.2, -0.15) is 13.2 Å². The van der Waals surface area contributed by atoms with Crippen LogP contribution >= 0.6 is 11.3 Å². The van der Waals surface area contributed by atoms with E-state index in [0.29, 0.717) is 6.42 Å². The van der Waals surface area contributed by atoms with Crippen molar-refractivity contribution in [1.29, 1.82) is 0 Å². The van der Waals surface area contributed by atoms with Gasteiger partial charge in [0.25, 0.3) is 0 Å². The van der Waals surface area contributed by atoms with Crippen LogP contribution in [0.25, 0.3) is 0 Å². The van der Waals surface area contributed by atoms with Crippen molar-refractivity contribution in [3.05, 3.63) is 22.4 Å². The number of hydrogen-bond acceptors (Lipinski definition) is 3. The fourth-order valence-electron chi connectivity index (χ4n) is 2.47. The van der Waals surface area contributed by atoms with Gasteiger partial charge in [0.1, 0.15) is 6.54 Å². The third kappa shape index (κ3) is 5.74. The molecule has 1 aliphatic heterocycles. The number of alkyl halides is 3. The molecule has 2 N–H and O–H groups in total. The monoisotopic (exact) mass is 349 g/mol. The zero-order valence-electron chi connectivity index (χ0n) is 12.5. The van der Waals surface area contributed by atoms with E-state index in [1.807, 2.05) is 24.4 Å². The molecule has 1 aromatic heterocycles. The molecule has 0 bridgehead atoms. The number of hydrogen-bond donors (Lipinski definition) is 2. The molecule has 0 radical (unpaired) electrons. The largest absolute Gasteiger partial charge is 0.406 e. The number of carbonyl (C=O) groups excluding carboxylic acids is 2. The van der Waals surface area contributed by atoms with E-state index in [2.05, 4.69) is 10.6 Å². The number of urea groups is 1. The number of nitrogens with zero attached hydrogens (tertiary/aromatic N) is 1. The van der Waals surface area contributed by atoms with Crippen LogP contribution in [0.2, 0.25) is 0 Å². The number of thiophene rings is 1. The first-order chi connectivity index (χ1) is 10.7. The molecule has 2 heterocycles. The first-order valence-electron chi connectivity index (χ1n) is 7.17. The number of halogens is 3. The predicted molar refractivity (Wildman–Crippen MR) is 80.2 cm³/mol. The van der Waals surface area contributed by atoms with E-state index in [9.17, 15) is 22.8 Å². The van der Waals surface area contributed by atoms with Crippen molar-refractivity contribution in [1.82, 2.24) is 15.5 Å². The molecule has 1 saturated heterocycles. The molecule has 23 heavy (non-hydrogen) atoms. The average Bonchev–Trinajstić information content (AvgIpc) is 2.98. The smallest absolute Gasteiger partial charge is 0.335 e. The van der Waals surface area contributed by atoms with Gasteiger partial charge in [0.05, 0.1) is 6.04 Å². The summed E-state index contributed by atoms with van der Waals surface area (Å²) in [5.41, 5.74) is 0. The predicted octanol–water partition coefficient (Wildman–Crippen LogP) is 2.14. The average molecular weight is 349 g/mol. The quantitative estimate of drug-likeness (QED) is 0.856. The third-order valence-electron chi connectivity index (χ3n) is 3.38. The Hall–Kier alpha value is -1.77. The molecule has 5 nitrogen and oxygen atoms in total. The van der Waals surface area contributed by atoms with Crippen molar-refractivity contribution in [3.63, 3.8) is 0 Å². The van der Waals surface area contributed by atoms with E-state index in [1.54, 1.807) is 11.3 Å². The van der Waals surface area contributed by atoms with Crippen molar-refractivity contribution in [2.45, 2.75) is 38.0 Å². The van der Waals surface area contributed by atoms with Crippen molar-refractivity contribution in [2.24, 2.45) is 0 Å². The van der Waals surface area contributed by atoms with Crippen LogP contribution in [0.15, 0.2) is 17.5 Å². The van der Waals surface area contributed by atoms with Gasteiger partial charge in [-0.3, -0.25) is 4.79 Å². The highest BCUT2D eigenvalue weighted by atomic mass is 32.1. The SMILES string of the molecule is C[C@H](Cc1cccs1)NC(=O)N[C@@H]1CC(=O)N(CC(F)(F)F)C1. The third-order valence-corrected chi connectivity index (χ3v) is 4.28. The molecule has 0 unspecified atom stereocenters. The molecule has 0 spiro atoms. The summed E-state index contributed by atoms with van der Waals surface area (Å²) in [7, 11) is 0. The van der Waals surface area contributed by atoms with Gasteiger partial charge < -0.3 is 15.5 Å². The maximum absolute atomic E-state index is 12.3. The van der Waals surface area contributed by atoms with Crippen LogP contribution < -0.4 is 10.6 Å². The highest BCUT2D eigenvalue weighted by Gasteiger charge is 2.38. The van der Waals surface area contributed by atoms with Crippen LogP contribution in [-0.2, 0) is 11.2 Å². The molecular weight excluding hydrogens is 331 g/mol. The number of likely N-dealkylation sites (tertiary alicyclic amines) is 1. The molecule has 9 heteroatoms. The van der Waals surface area contributed by atoms with E-state index >= 15 is 0 Å². The molecule has 1 aliphatic rings. The van der Waals surface area contributed by atoms with Crippen molar-refractivity contribution in [2.75, 3.05) is 13.1 Å². The number of rotatable bonds is 5. The zero-order chi connectivity index (χ0) is 17.0. The Morgan fingerprint density at radius 1 is 1.52 bits per heavy atom. The molecule has 1 aromatic rings. The van der Waals surface area contributed by atoms with Gasteiger partial charge in [-0.1, -0.05) is 6.07 Å². The number of carbonyl (C=O) groups is 2. The topological polar surface area (TPSA) is 61.4 Å². The summed E-state index contributed by atoms with van der Waals surface area (Å²) in [6, 6.07) is 2.70. The van der Waals surface area contributed by atoms with Gasteiger partial charge in [0.15, 0.2) is 0 Å². The van der Waals surface area contributed by atoms with Crippen LogP contribution in [0.3, 0.4) is 0 Å². The molecule has 3 amide bonds. The zero-order valence-corrected chi connectivity index (χ0v) is 13.3. The Kier molecular flexibility index (Phi) is 5.51. The standard InChI is InChI=1S/C14H18F3N3O2S/c1-9(5-11-3-2-4-23-11)18-13(22)19-10-6-12(21)20(7-10)8-14(15,16)17/h2-4,9-10H,5-8H2,1H3,(H2,18,19,22)/t9-,10-/m1/s1. The first-order valence-corrected chi connectivity index (χ1v) is 8.05. The first kappa shape index (κ1) is 17.6. The molecule has 0 aromatic carbocycles. The van der Waals surface area contributed by atoms with Gasteiger partial charge in [0.2, 0.25) is 5.91 Å². The van der Waals surface area contributed by atoms with E-state index < -0.39 is 30.7 Å². The maximum Gasteiger partial charge on any atom is 0.406 e. The second kappa shape index (κ2) is 7.20. The van der Waals surface area contributed by atoms with Crippen molar-refractivity contribution >= 4 is 23.3 Å². The summed E-state index contributed by atoms with van der Waals surface area (Å²) in [5.74, 6) is -0.598. The minimum Gasteiger partial charge on any atom is -0.335 e. The Balaban J connectivity index is 1.76. The lowest BCUT2D eigenvalue weighted by Gasteiger charge is -2.19. The maximum atomic E-state index is 12.3. The second-order valence-corrected chi connectivity index (χ2v) is 6.63.